The van der Waals surface area contributed by atoms with Crippen LogP contribution in [0.5, 0.6) is 0 Å². The number of carbonyl (C=O) groups is 1. The number of hydrogen-bond acceptors (Lipinski definition) is 5. The first-order valence-corrected chi connectivity index (χ1v) is 7.39. The van der Waals surface area contributed by atoms with Gasteiger partial charge in [0, 0.05) is 37.8 Å². The number of likely N-dealkylation sites (tertiary alicyclic amines) is 1. The number of anilines is 1. The van der Waals surface area contributed by atoms with Crippen LogP contribution in [0.2, 0.25) is 0 Å². The van der Waals surface area contributed by atoms with E-state index in [2.05, 4.69) is 16.0 Å². The van der Waals surface area contributed by atoms with Gasteiger partial charge in [-0.15, -0.1) is 0 Å². The molecular weight excluding hydrogens is 280 g/mol. The quantitative estimate of drug-likeness (QED) is 0.793. The van der Waals surface area contributed by atoms with Crippen LogP contribution in [-0.2, 0) is 4.74 Å². The lowest BCUT2D eigenvalue weighted by atomic mass is 9.73. The van der Waals surface area contributed by atoms with Crippen molar-refractivity contribution >= 4 is 11.9 Å². The van der Waals surface area contributed by atoms with Crippen molar-refractivity contribution in [2.75, 3.05) is 31.1 Å². The molecule has 2 fully saturated rings. The van der Waals surface area contributed by atoms with Gasteiger partial charge in [0.2, 0.25) is 0 Å². The van der Waals surface area contributed by atoms with Crippen molar-refractivity contribution in [1.82, 2.24) is 9.88 Å². The normalized spacial score (nSPS) is 19.2. The summed E-state index contributed by atoms with van der Waals surface area (Å²) in [7, 11) is 0. The van der Waals surface area contributed by atoms with Crippen LogP contribution < -0.4 is 4.90 Å². The molecule has 6 nitrogen and oxygen atoms in total. The van der Waals surface area contributed by atoms with Crippen LogP contribution in [0, 0.1) is 16.7 Å². The highest BCUT2D eigenvalue weighted by Gasteiger charge is 2.54. The van der Waals surface area contributed by atoms with E-state index in [0.29, 0.717) is 5.56 Å². The number of amides is 1. The zero-order valence-electron chi connectivity index (χ0n) is 13.2. The van der Waals surface area contributed by atoms with E-state index < -0.39 is 5.60 Å². The summed E-state index contributed by atoms with van der Waals surface area (Å²) in [5.74, 6) is 0.834. The van der Waals surface area contributed by atoms with Gasteiger partial charge in [0.1, 0.15) is 11.4 Å². The van der Waals surface area contributed by atoms with Crippen LogP contribution >= 0.6 is 0 Å². The Morgan fingerprint density at radius 1 is 1.36 bits per heavy atom. The molecule has 0 saturated carbocycles. The van der Waals surface area contributed by atoms with E-state index >= 15 is 0 Å². The van der Waals surface area contributed by atoms with Crippen molar-refractivity contribution in [2.45, 2.75) is 26.4 Å². The molecule has 0 atom stereocenters. The molecule has 0 N–H and O–H groups in total. The summed E-state index contributed by atoms with van der Waals surface area (Å²) in [6.45, 7) is 8.83. The molecule has 0 unspecified atom stereocenters. The molecule has 3 heterocycles. The molecule has 22 heavy (non-hydrogen) atoms. The zero-order valence-corrected chi connectivity index (χ0v) is 13.2. The van der Waals surface area contributed by atoms with Gasteiger partial charge in [-0.05, 0) is 32.9 Å². The van der Waals surface area contributed by atoms with Gasteiger partial charge in [0.05, 0.1) is 11.6 Å². The topological polar surface area (TPSA) is 69.5 Å². The van der Waals surface area contributed by atoms with Gasteiger partial charge in [-0.1, -0.05) is 0 Å². The number of pyridine rings is 1. The predicted molar refractivity (Wildman–Crippen MR) is 81.4 cm³/mol. The minimum absolute atomic E-state index is 0.168. The second kappa shape index (κ2) is 4.87. The molecule has 6 heteroatoms. The molecule has 1 spiro atoms. The fraction of sp³-hybridized carbons (Fsp3) is 0.562. The Kier molecular flexibility index (Phi) is 3.24. The van der Waals surface area contributed by atoms with Gasteiger partial charge in [-0.25, -0.2) is 9.78 Å². The maximum absolute atomic E-state index is 11.9. The second-order valence-electron chi connectivity index (χ2n) is 7.21. The summed E-state index contributed by atoms with van der Waals surface area (Å²) in [5.41, 5.74) is 0.337. The van der Waals surface area contributed by atoms with Gasteiger partial charge >= 0.3 is 6.09 Å². The van der Waals surface area contributed by atoms with Crippen LogP contribution in [0.15, 0.2) is 18.3 Å². The summed E-state index contributed by atoms with van der Waals surface area (Å²) in [6, 6.07) is 5.63. The van der Waals surface area contributed by atoms with Crippen LogP contribution in [0.25, 0.3) is 0 Å². The third-order valence-corrected chi connectivity index (χ3v) is 3.96. The zero-order chi connectivity index (χ0) is 16.0. The maximum atomic E-state index is 11.9. The van der Waals surface area contributed by atoms with Gasteiger partial charge in [-0.2, -0.15) is 5.26 Å². The van der Waals surface area contributed by atoms with Crippen molar-refractivity contribution in [1.29, 1.82) is 5.26 Å². The molecule has 2 saturated heterocycles. The Bertz CT molecular complexity index is 630. The molecule has 3 rings (SSSR count). The highest BCUT2D eigenvalue weighted by atomic mass is 16.6. The summed E-state index contributed by atoms with van der Waals surface area (Å²) >= 11 is 0. The first-order chi connectivity index (χ1) is 10.3. The van der Waals surface area contributed by atoms with Crippen molar-refractivity contribution in [2.24, 2.45) is 5.41 Å². The van der Waals surface area contributed by atoms with Crippen molar-refractivity contribution in [3.63, 3.8) is 0 Å². The van der Waals surface area contributed by atoms with Crippen molar-refractivity contribution < 1.29 is 9.53 Å². The average molecular weight is 300 g/mol. The lowest BCUT2D eigenvalue weighted by Gasteiger charge is -2.60. The monoisotopic (exact) mass is 300 g/mol. The van der Waals surface area contributed by atoms with E-state index in [1.165, 1.54) is 0 Å². The molecular formula is C16H20N4O2. The van der Waals surface area contributed by atoms with Crippen LogP contribution in [0.3, 0.4) is 0 Å². The first-order valence-electron chi connectivity index (χ1n) is 7.39. The molecule has 0 radical (unpaired) electrons. The van der Waals surface area contributed by atoms with Crippen LogP contribution in [0.4, 0.5) is 10.6 Å². The lowest BCUT2D eigenvalue weighted by Crippen LogP contribution is -2.73. The van der Waals surface area contributed by atoms with Gasteiger partial charge in [0.25, 0.3) is 0 Å². The fourth-order valence-electron chi connectivity index (χ4n) is 3.01. The predicted octanol–water partition coefficient (Wildman–Crippen LogP) is 2.01. The molecule has 0 aromatic carbocycles. The highest BCUT2D eigenvalue weighted by Crippen LogP contribution is 2.41. The molecule has 2 aliphatic rings. The largest absolute Gasteiger partial charge is 0.444 e. The number of nitrogens with zero attached hydrogens (tertiary/aromatic N) is 4. The van der Waals surface area contributed by atoms with Crippen LogP contribution in [-0.4, -0.2) is 47.8 Å². The third-order valence-electron chi connectivity index (χ3n) is 3.96. The van der Waals surface area contributed by atoms with E-state index in [1.807, 2.05) is 20.8 Å². The fourth-order valence-corrected chi connectivity index (χ4v) is 3.01. The van der Waals surface area contributed by atoms with Gasteiger partial charge in [-0.3, -0.25) is 0 Å². The van der Waals surface area contributed by atoms with Crippen molar-refractivity contribution in [3.8, 4) is 6.07 Å². The summed E-state index contributed by atoms with van der Waals surface area (Å²) in [6.07, 6.45) is 1.42. The summed E-state index contributed by atoms with van der Waals surface area (Å²) in [5, 5.41) is 8.93. The Morgan fingerprint density at radius 3 is 2.64 bits per heavy atom. The third kappa shape index (κ3) is 2.71. The summed E-state index contributed by atoms with van der Waals surface area (Å²) in [4.78, 5) is 20.1. The van der Waals surface area contributed by atoms with Crippen molar-refractivity contribution in [3.05, 3.63) is 23.9 Å². The molecule has 2 aliphatic heterocycles. The summed E-state index contributed by atoms with van der Waals surface area (Å²) < 4.78 is 5.37. The number of aromatic nitrogens is 1. The minimum atomic E-state index is -0.451. The molecule has 0 aliphatic carbocycles. The standard InChI is InChI=1S/C16H20N4O2/c1-15(2,3)22-14(21)20-10-16(11-20)8-19(9-16)13-6-12(7-17)4-5-18-13/h4-6H,8-11H2,1-3H3. The minimum Gasteiger partial charge on any atom is -0.444 e. The Hall–Kier alpha value is -2.29. The smallest absolute Gasteiger partial charge is 0.410 e. The van der Waals surface area contributed by atoms with E-state index in [0.717, 1.165) is 32.0 Å². The molecule has 116 valence electrons. The number of carbonyl (C=O) groups excluding carboxylic acids is 1. The average Bonchev–Trinajstić information content (AvgIpc) is 2.33. The SMILES string of the molecule is CC(C)(C)OC(=O)N1CC2(C1)CN(c1cc(C#N)ccn1)C2. The van der Waals surface area contributed by atoms with E-state index in [-0.39, 0.29) is 11.5 Å². The van der Waals surface area contributed by atoms with Gasteiger partial charge < -0.3 is 14.5 Å². The first kappa shape index (κ1) is 14.6. The van der Waals surface area contributed by atoms with Gasteiger partial charge in [0.15, 0.2) is 0 Å². The molecule has 1 amide bonds. The van der Waals surface area contributed by atoms with Crippen LogP contribution in [0.1, 0.15) is 26.3 Å². The Morgan fingerprint density at radius 2 is 2.05 bits per heavy atom. The Labute approximate surface area is 130 Å². The number of nitriles is 1. The molecule has 0 bridgehead atoms. The molecule has 1 aromatic heterocycles. The second-order valence-corrected chi connectivity index (χ2v) is 7.21. The lowest BCUT2D eigenvalue weighted by molar-refractivity contribution is -0.0454. The maximum Gasteiger partial charge on any atom is 0.410 e. The van der Waals surface area contributed by atoms with E-state index in [1.54, 1.807) is 23.2 Å². The van der Waals surface area contributed by atoms with E-state index in [4.69, 9.17) is 10.00 Å². The van der Waals surface area contributed by atoms with E-state index in [9.17, 15) is 4.79 Å². The Balaban J connectivity index is 1.53. The number of rotatable bonds is 1. The highest BCUT2D eigenvalue weighted by molar-refractivity contribution is 5.70. The molecule has 1 aromatic rings. The number of hydrogen-bond donors (Lipinski definition) is 0. The number of ether oxygens (including phenoxy) is 1.